The van der Waals surface area contributed by atoms with Gasteiger partial charge in [-0.3, -0.25) is 9.59 Å². The van der Waals surface area contributed by atoms with Gasteiger partial charge in [0, 0.05) is 17.1 Å². The van der Waals surface area contributed by atoms with E-state index >= 15 is 0 Å². The first-order valence-electron chi connectivity index (χ1n) is 9.84. The number of ether oxygens (including phenoxy) is 1. The first kappa shape index (κ1) is 22.9. The minimum Gasteiger partial charge on any atom is -0.484 e. The minimum absolute atomic E-state index is 0.0558. The third-order valence-electron chi connectivity index (χ3n) is 4.82. The van der Waals surface area contributed by atoms with E-state index < -0.39 is 6.04 Å². The van der Waals surface area contributed by atoms with Crippen molar-refractivity contribution in [3.63, 3.8) is 0 Å². The van der Waals surface area contributed by atoms with Crippen molar-refractivity contribution in [1.82, 2.24) is 10.2 Å². The molecular formula is C23H29BrN2O3. The Kier molecular flexibility index (Phi) is 8.70. The van der Waals surface area contributed by atoms with Crippen molar-refractivity contribution in [1.29, 1.82) is 0 Å². The molecule has 6 heteroatoms. The van der Waals surface area contributed by atoms with E-state index in [0.29, 0.717) is 12.3 Å². The highest BCUT2D eigenvalue weighted by Crippen LogP contribution is 2.17. The lowest BCUT2D eigenvalue weighted by Crippen LogP contribution is -2.50. The Bertz CT molecular complexity index is 806. The molecule has 156 valence electrons. The molecule has 0 aliphatic rings. The molecule has 0 aliphatic carbocycles. The quantitative estimate of drug-likeness (QED) is 0.600. The van der Waals surface area contributed by atoms with Gasteiger partial charge in [-0.2, -0.15) is 0 Å². The Hall–Kier alpha value is -2.34. The van der Waals surface area contributed by atoms with Gasteiger partial charge in [0.15, 0.2) is 6.61 Å². The van der Waals surface area contributed by atoms with Gasteiger partial charge < -0.3 is 15.0 Å². The van der Waals surface area contributed by atoms with E-state index in [1.807, 2.05) is 57.2 Å². The van der Waals surface area contributed by atoms with Crippen LogP contribution in [0.5, 0.6) is 5.75 Å². The fourth-order valence-electron chi connectivity index (χ4n) is 2.70. The Morgan fingerprint density at radius 2 is 1.69 bits per heavy atom. The third-order valence-corrected chi connectivity index (χ3v) is 5.35. The van der Waals surface area contributed by atoms with Crippen molar-refractivity contribution in [2.45, 2.75) is 52.7 Å². The summed E-state index contributed by atoms with van der Waals surface area (Å²) in [6.07, 6.45) is 0.830. The van der Waals surface area contributed by atoms with Crippen molar-refractivity contribution in [3.8, 4) is 5.75 Å². The van der Waals surface area contributed by atoms with Gasteiger partial charge in [0.1, 0.15) is 11.8 Å². The van der Waals surface area contributed by atoms with Gasteiger partial charge in [-0.15, -0.1) is 0 Å². The molecule has 0 radical (unpaired) electrons. The highest BCUT2D eigenvalue weighted by molar-refractivity contribution is 9.10. The summed E-state index contributed by atoms with van der Waals surface area (Å²) in [5.41, 5.74) is 2.11. The molecule has 0 bridgehead atoms. The van der Waals surface area contributed by atoms with Crippen molar-refractivity contribution in [2.75, 3.05) is 6.61 Å². The third kappa shape index (κ3) is 7.20. The van der Waals surface area contributed by atoms with E-state index in [4.69, 9.17) is 4.74 Å². The summed E-state index contributed by atoms with van der Waals surface area (Å²) in [5, 5.41) is 2.96. The largest absolute Gasteiger partial charge is 0.484 e. The second-order valence-electron chi connectivity index (χ2n) is 7.24. The van der Waals surface area contributed by atoms with Gasteiger partial charge in [-0.05, 0) is 57.0 Å². The molecule has 0 unspecified atom stereocenters. The van der Waals surface area contributed by atoms with Gasteiger partial charge >= 0.3 is 0 Å². The van der Waals surface area contributed by atoms with Crippen LogP contribution in [0, 0.1) is 6.92 Å². The minimum atomic E-state index is -0.605. The zero-order valence-electron chi connectivity index (χ0n) is 17.4. The second-order valence-corrected chi connectivity index (χ2v) is 8.16. The number of nitrogens with zero attached hydrogens (tertiary/aromatic N) is 1. The van der Waals surface area contributed by atoms with E-state index in [9.17, 15) is 9.59 Å². The fourth-order valence-corrected chi connectivity index (χ4v) is 2.96. The number of hydrogen-bond acceptors (Lipinski definition) is 3. The van der Waals surface area contributed by atoms with E-state index in [2.05, 4.69) is 21.2 Å². The molecule has 2 aromatic rings. The van der Waals surface area contributed by atoms with Gasteiger partial charge in [0.05, 0.1) is 0 Å². The van der Waals surface area contributed by atoms with Crippen LogP contribution in [0.4, 0.5) is 0 Å². The molecule has 0 aromatic heterocycles. The predicted molar refractivity (Wildman–Crippen MR) is 119 cm³/mol. The summed E-state index contributed by atoms with van der Waals surface area (Å²) >= 11 is 3.38. The van der Waals surface area contributed by atoms with Crippen LogP contribution in [0.2, 0.25) is 0 Å². The summed E-state index contributed by atoms with van der Waals surface area (Å²) < 4.78 is 6.59. The van der Waals surface area contributed by atoms with Gasteiger partial charge in [0.25, 0.3) is 5.91 Å². The van der Waals surface area contributed by atoms with Gasteiger partial charge in [-0.25, -0.2) is 0 Å². The number of nitrogens with one attached hydrogen (secondary N) is 1. The average molecular weight is 461 g/mol. The van der Waals surface area contributed by atoms with Crippen molar-refractivity contribution in [3.05, 3.63) is 64.1 Å². The van der Waals surface area contributed by atoms with E-state index in [1.54, 1.807) is 24.0 Å². The van der Waals surface area contributed by atoms with Crippen LogP contribution in [0.25, 0.3) is 0 Å². The molecule has 2 amide bonds. The maximum absolute atomic E-state index is 13.0. The van der Waals surface area contributed by atoms with Crippen LogP contribution in [-0.4, -0.2) is 35.4 Å². The van der Waals surface area contributed by atoms with Crippen LogP contribution < -0.4 is 10.1 Å². The summed E-state index contributed by atoms with van der Waals surface area (Å²) in [5.74, 6) is 0.206. The van der Waals surface area contributed by atoms with E-state index in [-0.39, 0.29) is 24.5 Å². The van der Waals surface area contributed by atoms with Crippen LogP contribution in [0.1, 0.15) is 38.3 Å². The number of carbonyl (C=O) groups excluding carboxylic acids is 2. The second kappa shape index (κ2) is 11.0. The van der Waals surface area contributed by atoms with E-state index in [1.165, 1.54) is 0 Å². The number of benzene rings is 2. The lowest BCUT2D eigenvalue weighted by atomic mass is 10.1. The van der Waals surface area contributed by atoms with Crippen molar-refractivity contribution < 1.29 is 14.3 Å². The maximum atomic E-state index is 13.0. The molecule has 0 heterocycles. The molecule has 1 N–H and O–H groups in total. The number of aryl methyl sites for hydroxylation is 1. The van der Waals surface area contributed by atoms with Crippen LogP contribution in [0.15, 0.2) is 53.0 Å². The number of amides is 2. The highest BCUT2D eigenvalue weighted by atomic mass is 79.9. The number of carbonyl (C=O) groups is 2. The molecule has 2 atom stereocenters. The van der Waals surface area contributed by atoms with Gasteiger partial charge in [-0.1, -0.05) is 52.7 Å². The predicted octanol–water partition coefficient (Wildman–Crippen LogP) is 4.47. The first-order valence-corrected chi connectivity index (χ1v) is 10.6. The topological polar surface area (TPSA) is 58.6 Å². The molecule has 2 rings (SSSR count). The molecule has 2 aromatic carbocycles. The number of halogens is 1. The number of rotatable bonds is 9. The first-order chi connectivity index (χ1) is 13.8. The SMILES string of the molecule is CC[C@H](C)NC(=O)[C@H](C)N(Cc1ccc(C)cc1)C(=O)COc1ccc(Br)cc1. The molecule has 29 heavy (non-hydrogen) atoms. The Labute approximate surface area is 181 Å². The Morgan fingerprint density at radius 3 is 2.28 bits per heavy atom. The maximum Gasteiger partial charge on any atom is 0.261 e. The monoisotopic (exact) mass is 460 g/mol. The van der Waals surface area contributed by atoms with Crippen molar-refractivity contribution in [2.24, 2.45) is 0 Å². The average Bonchev–Trinajstić information content (AvgIpc) is 2.72. The molecular weight excluding hydrogens is 432 g/mol. The van der Waals surface area contributed by atoms with Crippen LogP contribution >= 0.6 is 15.9 Å². The van der Waals surface area contributed by atoms with E-state index in [0.717, 1.165) is 22.0 Å². The normalized spacial score (nSPS) is 12.7. The standard InChI is InChI=1S/C23H29BrN2O3/c1-5-17(3)25-23(28)18(4)26(14-19-8-6-16(2)7-9-19)22(27)15-29-21-12-10-20(24)11-13-21/h6-13,17-18H,5,14-15H2,1-4H3,(H,25,28)/t17-,18-/m0/s1. The highest BCUT2D eigenvalue weighted by Gasteiger charge is 2.27. The zero-order valence-corrected chi connectivity index (χ0v) is 19.0. The summed E-state index contributed by atoms with van der Waals surface area (Å²) in [6, 6.07) is 14.7. The molecule has 5 nitrogen and oxygen atoms in total. The Morgan fingerprint density at radius 1 is 1.07 bits per heavy atom. The zero-order chi connectivity index (χ0) is 21.4. The van der Waals surface area contributed by atoms with Crippen LogP contribution in [0.3, 0.4) is 0 Å². The smallest absolute Gasteiger partial charge is 0.261 e. The molecule has 0 fully saturated rings. The molecule has 0 saturated carbocycles. The van der Waals surface area contributed by atoms with Crippen LogP contribution in [-0.2, 0) is 16.1 Å². The summed E-state index contributed by atoms with van der Waals surface area (Å²) in [4.78, 5) is 27.2. The Balaban J connectivity index is 2.13. The number of hydrogen-bond donors (Lipinski definition) is 1. The molecule has 0 spiro atoms. The fraction of sp³-hybridized carbons (Fsp3) is 0.391. The van der Waals surface area contributed by atoms with Gasteiger partial charge in [0.2, 0.25) is 5.91 Å². The lowest BCUT2D eigenvalue weighted by Gasteiger charge is -2.29. The molecule has 0 saturated heterocycles. The van der Waals surface area contributed by atoms with Crippen molar-refractivity contribution >= 4 is 27.7 Å². The summed E-state index contributed by atoms with van der Waals surface area (Å²) in [6.45, 7) is 7.95. The molecule has 0 aliphatic heterocycles. The summed E-state index contributed by atoms with van der Waals surface area (Å²) in [7, 11) is 0. The lowest BCUT2D eigenvalue weighted by molar-refractivity contribution is -0.142.